The predicted octanol–water partition coefficient (Wildman–Crippen LogP) is 2.07. The van der Waals surface area contributed by atoms with E-state index < -0.39 is 4.92 Å². The first-order chi connectivity index (χ1) is 9.06. The molecular weight excluding hydrogens is 248 g/mol. The Morgan fingerprint density at radius 3 is 2.68 bits per heavy atom. The van der Waals surface area contributed by atoms with Crippen LogP contribution in [0.3, 0.4) is 0 Å². The van der Waals surface area contributed by atoms with Gasteiger partial charge in [0.15, 0.2) is 0 Å². The van der Waals surface area contributed by atoms with Crippen LogP contribution in [0.25, 0.3) is 0 Å². The second-order valence-corrected chi connectivity index (χ2v) is 3.65. The number of hydrogen-bond donors (Lipinski definition) is 2. The van der Waals surface area contributed by atoms with Crippen molar-refractivity contribution in [2.75, 3.05) is 0 Å². The van der Waals surface area contributed by atoms with Gasteiger partial charge in [-0.25, -0.2) is 4.98 Å². The SMILES string of the molecule is N=C(N)c1ccc(Oc2cccc([N+](=O)[O-])c2)cn1. The van der Waals surface area contributed by atoms with Gasteiger partial charge < -0.3 is 10.5 Å². The maximum atomic E-state index is 10.6. The van der Waals surface area contributed by atoms with Gasteiger partial charge in [-0.15, -0.1) is 0 Å². The van der Waals surface area contributed by atoms with Gasteiger partial charge in [-0.1, -0.05) is 6.07 Å². The number of nitro benzene ring substituents is 1. The summed E-state index contributed by atoms with van der Waals surface area (Å²) in [5.41, 5.74) is 5.56. The highest BCUT2D eigenvalue weighted by Gasteiger charge is 2.07. The van der Waals surface area contributed by atoms with E-state index in [0.29, 0.717) is 17.2 Å². The van der Waals surface area contributed by atoms with Gasteiger partial charge in [0, 0.05) is 6.07 Å². The van der Waals surface area contributed by atoms with Crippen molar-refractivity contribution < 1.29 is 9.66 Å². The molecule has 1 aromatic heterocycles. The molecule has 3 N–H and O–H groups in total. The Labute approximate surface area is 108 Å². The highest BCUT2D eigenvalue weighted by atomic mass is 16.6. The number of nitrogen functional groups attached to an aromatic ring is 1. The van der Waals surface area contributed by atoms with Crippen molar-refractivity contribution in [3.63, 3.8) is 0 Å². The van der Waals surface area contributed by atoms with Crippen LogP contribution in [0.4, 0.5) is 5.69 Å². The van der Waals surface area contributed by atoms with Crippen molar-refractivity contribution in [2.45, 2.75) is 0 Å². The van der Waals surface area contributed by atoms with E-state index in [4.69, 9.17) is 15.9 Å². The van der Waals surface area contributed by atoms with Crippen molar-refractivity contribution in [1.29, 1.82) is 5.41 Å². The zero-order chi connectivity index (χ0) is 13.8. The molecule has 0 saturated carbocycles. The molecule has 7 heteroatoms. The first-order valence-corrected chi connectivity index (χ1v) is 5.29. The monoisotopic (exact) mass is 258 g/mol. The summed E-state index contributed by atoms with van der Waals surface area (Å²) in [6.45, 7) is 0. The standard InChI is InChI=1S/C12H10N4O3/c13-12(14)11-5-4-10(7-15-11)19-9-3-1-2-8(6-9)16(17)18/h1-7H,(H3,13,14). The zero-order valence-electron chi connectivity index (χ0n) is 9.74. The molecule has 19 heavy (non-hydrogen) atoms. The number of hydrogen-bond acceptors (Lipinski definition) is 5. The Morgan fingerprint density at radius 1 is 1.32 bits per heavy atom. The molecule has 0 bridgehead atoms. The Kier molecular flexibility index (Phi) is 3.37. The molecule has 0 aliphatic carbocycles. The molecule has 2 aromatic rings. The number of benzene rings is 1. The Hall–Kier alpha value is -2.96. The number of non-ortho nitro benzene ring substituents is 1. The number of aromatic nitrogens is 1. The van der Waals surface area contributed by atoms with Gasteiger partial charge in [-0.05, 0) is 18.2 Å². The van der Waals surface area contributed by atoms with E-state index in [1.54, 1.807) is 12.1 Å². The van der Waals surface area contributed by atoms with E-state index in [0.717, 1.165) is 0 Å². The number of nitro groups is 1. The molecule has 1 heterocycles. The smallest absolute Gasteiger partial charge is 0.273 e. The van der Waals surface area contributed by atoms with E-state index in [9.17, 15) is 10.1 Å². The van der Waals surface area contributed by atoms with E-state index >= 15 is 0 Å². The number of amidine groups is 1. The molecule has 1 aromatic carbocycles. The molecule has 2 rings (SSSR count). The first kappa shape index (κ1) is 12.5. The Morgan fingerprint density at radius 2 is 2.11 bits per heavy atom. The summed E-state index contributed by atoms with van der Waals surface area (Å²) in [6, 6.07) is 8.96. The summed E-state index contributed by atoms with van der Waals surface area (Å²) in [5.74, 6) is 0.610. The van der Waals surface area contributed by atoms with Gasteiger partial charge in [0.05, 0.1) is 17.2 Å². The number of ether oxygens (including phenoxy) is 1. The summed E-state index contributed by atoms with van der Waals surface area (Å²) < 4.78 is 5.43. The fourth-order valence-corrected chi connectivity index (χ4v) is 1.40. The van der Waals surface area contributed by atoms with Crippen molar-refractivity contribution in [3.8, 4) is 11.5 Å². The number of nitrogens with one attached hydrogen (secondary N) is 1. The predicted molar refractivity (Wildman–Crippen MR) is 68.4 cm³/mol. The number of nitrogens with zero attached hydrogens (tertiary/aromatic N) is 2. The normalized spacial score (nSPS) is 9.89. The van der Waals surface area contributed by atoms with E-state index in [-0.39, 0.29) is 11.5 Å². The minimum atomic E-state index is -0.496. The molecule has 0 unspecified atom stereocenters. The Bertz CT molecular complexity index is 625. The zero-order valence-corrected chi connectivity index (χ0v) is 9.74. The fraction of sp³-hybridized carbons (Fsp3) is 0. The van der Waals surface area contributed by atoms with Crippen LogP contribution < -0.4 is 10.5 Å². The topological polar surface area (TPSA) is 115 Å². The van der Waals surface area contributed by atoms with Crippen LogP contribution in [0.5, 0.6) is 11.5 Å². The largest absolute Gasteiger partial charge is 0.455 e. The molecule has 0 spiro atoms. The average Bonchev–Trinajstić information content (AvgIpc) is 2.39. The molecule has 0 saturated heterocycles. The minimum absolute atomic E-state index is 0.0502. The average molecular weight is 258 g/mol. The maximum absolute atomic E-state index is 10.6. The van der Waals surface area contributed by atoms with Gasteiger partial charge in [0.1, 0.15) is 23.0 Å². The van der Waals surface area contributed by atoms with E-state index in [2.05, 4.69) is 4.98 Å². The summed E-state index contributed by atoms with van der Waals surface area (Å²) in [5, 5.41) is 17.8. The number of rotatable bonds is 4. The number of pyridine rings is 1. The molecule has 0 aliphatic rings. The summed E-state index contributed by atoms with van der Waals surface area (Å²) in [4.78, 5) is 14.1. The molecule has 96 valence electrons. The van der Waals surface area contributed by atoms with Gasteiger partial charge in [-0.3, -0.25) is 15.5 Å². The van der Waals surface area contributed by atoms with Crippen molar-refractivity contribution in [2.24, 2.45) is 5.73 Å². The van der Waals surface area contributed by atoms with E-state index in [1.165, 1.54) is 30.5 Å². The minimum Gasteiger partial charge on any atom is -0.455 e. The quantitative estimate of drug-likeness (QED) is 0.377. The lowest BCUT2D eigenvalue weighted by molar-refractivity contribution is -0.384. The second kappa shape index (κ2) is 5.13. The third-order valence-electron chi connectivity index (χ3n) is 2.28. The van der Waals surface area contributed by atoms with Gasteiger partial charge >= 0.3 is 0 Å². The van der Waals surface area contributed by atoms with Crippen LogP contribution in [-0.2, 0) is 0 Å². The lowest BCUT2D eigenvalue weighted by Crippen LogP contribution is -2.12. The molecule has 0 fully saturated rings. The molecule has 0 amide bonds. The summed E-state index contributed by atoms with van der Waals surface area (Å²) in [6.07, 6.45) is 1.40. The summed E-state index contributed by atoms with van der Waals surface area (Å²) >= 11 is 0. The second-order valence-electron chi connectivity index (χ2n) is 3.65. The van der Waals surface area contributed by atoms with Crippen LogP contribution in [0.1, 0.15) is 5.69 Å². The maximum Gasteiger partial charge on any atom is 0.273 e. The van der Waals surface area contributed by atoms with Crippen LogP contribution in [0.2, 0.25) is 0 Å². The molecule has 0 aliphatic heterocycles. The van der Waals surface area contributed by atoms with Gasteiger partial charge in [-0.2, -0.15) is 0 Å². The lowest BCUT2D eigenvalue weighted by Gasteiger charge is -2.05. The van der Waals surface area contributed by atoms with Gasteiger partial charge in [0.2, 0.25) is 0 Å². The highest BCUT2D eigenvalue weighted by molar-refractivity contribution is 5.92. The van der Waals surface area contributed by atoms with Crippen LogP contribution in [0.15, 0.2) is 42.6 Å². The summed E-state index contributed by atoms with van der Waals surface area (Å²) in [7, 11) is 0. The Balaban J connectivity index is 2.19. The molecule has 0 radical (unpaired) electrons. The van der Waals surface area contributed by atoms with Gasteiger partial charge in [0.25, 0.3) is 5.69 Å². The first-order valence-electron chi connectivity index (χ1n) is 5.29. The fourth-order valence-electron chi connectivity index (χ4n) is 1.40. The molecule has 0 atom stereocenters. The van der Waals surface area contributed by atoms with E-state index in [1.807, 2.05) is 0 Å². The molecular formula is C12H10N4O3. The third kappa shape index (κ3) is 3.03. The van der Waals surface area contributed by atoms with Crippen molar-refractivity contribution >= 4 is 11.5 Å². The third-order valence-corrected chi connectivity index (χ3v) is 2.28. The van der Waals surface area contributed by atoms with Crippen molar-refractivity contribution in [3.05, 3.63) is 58.4 Å². The lowest BCUT2D eigenvalue weighted by atomic mass is 10.3. The molecule has 7 nitrogen and oxygen atoms in total. The van der Waals surface area contributed by atoms with Crippen LogP contribution >= 0.6 is 0 Å². The van der Waals surface area contributed by atoms with Crippen LogP contribution in [-0.4, -0.2) is 15.7 Å². The number of nitrogens with two attached hydrogens (primary N) is 1. The van der Waals surface area contributed by atoms with Crippen molar-refractivity contribution in [1.82, 2.24) is 4.98 Å². The van der Waals surface area contributed by atoms with Crippen LogP contribution in [0, 0.1) is 15.5 Å². The highest BCUT2D eigenvalue weighted by Crippen LogP contribution is 2.24.